The first-order valence-electron chi connectivity index (χ1n) is 6.06. The molecular formula is C12H17Cl2N3O. The molecule has 1 aromatic heterocycles. The minimum Gasteiger partial charge on any atom is -0.381 e. The molecule has 1 fully saturated rings. The molecule has 0 aromatic carbocycles. The Balaban J connectivity index is 2.07. The van der Waals surface area contributed by atoms with Crippen LogP contribution in [0.1, 0.15) is 18.4 Å². The largest absolute Gasteiger partial charge is 0.381 e. The molecule has 2 rings (SSSR count). The molecule has 0 atom stereocenters. The van der Waals surface area contributed by atoms with E-state index in [9.17, 15) is 0 Å². The molecule has 18 heavy (non-hydrogen) atoms. The lowest BCUT2D eigenvalue weighted by Crippen LogP contribution is -2.30. The number of anilines is 1. The van der Waals surface area contributed by atoms with Gasteiger partial charge in [0, 0.05) is 32.4 Å². The molecule has 0 amide bonds. The summed E-state index contributed by atoms with van der Waals surface area (Å²) >= 11 is 11.9. The van der Waals surface area contributed by atoms with E-state index in [0.717, 1.165) is 44.0 Å². The Morgan fingerprint density at radius 3 is 2.78 bits per heavy atom. The van der Waals surface area contributed by atoms with Crippen LogP contribution in [-0.4, -0.2) is 36.8 Å². The second-order valence-corrected chi connectivity index (χ2v) is 5.16. The van der Waals surface area contributed by atoms with E-state index in [-0.39, 0.29) is 0 Å². The molecule has 0 aliphatic carbocycles. The maximum absolute atomic E-state index is 6.03. The molecule has 1 aromatic rings. The highest BCUT2D eigenvalue weighted by Gasteiger charge is 2.19. The van der Waals surface area contributed by atoms with E-state index in [1.165, 1.54) is 6.33 Å². The third-order valence-electron chi connectivity index (χ3n) is 3.24. The highest BCUT2D eigenvalue weighted by Crippen LogP contribution is 2.26. The van der Waals surface area contributed by atoms with Crippen LogP contribution in [-0.2, 0) is 10.6 Å². The monoisotopic (exact) mass is 289 g/mol. The topological polar surface area (TPSA) is 38.2 Å². The van der Waals surface area contributed by atoms with Gasteiger partial charge in [-0.1, -0.05) is 11.6 Å². The Morgan fingerprint density at radius 2 is 2.11 bits per heavy atom. The summed E-state index contributed by atoms with van der Waals surface area (Å²) in [4.78, 5) is 10.4. The van der Waals surface area contributed by atoms with Gasteiger partial charge in [0.25, 0.3) is 0 Å². The van der Waals surface area contributed by atoms with Crippen molar-refractivity contribution in [1.29, 1.82) is 0 Å². The van der Waals surface area contributed by atoms with Crippen molar-refractivity contribution in [3.05, 3.63) is 17.0 Å². The fourth-order valence-corrected chi connectivity index (χ4v) is 2.74. The molecule has 100 valence electrons. The molecule has 0 radical (unpaired) electrons. The van der Waals surface area contributed by atoms with Crippen molar-refractivity contribution in [1.82, 2.24) is 9.97 Å². The van der Waals surface area contributed by atoms with Crippen molar-refractivity contribution in [3.8, 4) is 0 Å². The Bertz CT molecular complexity index is 397. The Hall–Kier alpha value is -0.580. The van der Waals surface area contributed by atoms with Gasteiger partial charge in [-0.2, -0.15) is 0 Å². The molecule has 0 unspecified atom stereocenters. The van der Waals surface area contributed by atoms with Crippen LogP contribution < -0.4 is 4.90 Å². The first kappa shape index (κ1) is 13.8. The molecule has 0 N–H and O–H groups in total. The zero-order valence-corrected chi connectivity index (χ0v) is 11.9. The van der Waals surface area contributed by atoms with Crippen LogP contribution in [0.5, 0.6) is 0 Å². The molecule has 2 heterocycles. The van der Waals surface area contributed by atoms with Gasteiger partial charge in [-0.15, -0.1) is 11.6 Å². The number of nitrogens with zero attached hydrogens (tertiary/aromatic N) is 3. The standard InChI is InChI=1S/C12H17Cl2N3O/c1-17(7-9-2-4-18-5-3-9)12-10(6-13)11(14)15-8-16-12/h8-9H,2-7H2,1H3. The van der Waals surface area contributed by atoms with Gasteiger partial charge in [-0.3, -0.25) is 0 Å². The Labute approximate surface area is 117 Å². The summed E-state index contributed by atoms with van der Waals surface area (Å²) in [5, 5.41) is 0.439. The van der Waals surface area contributed by atoms with E-state index in [4.69, 9.17) is 27.9 Å². The molecule has 0 saturated carbocycles. The summed E-state index contributed by atoms with van der Waals surface area (Å²) < 4.78 is 5.36. The molecule has 0 bridgehead atoms. The van der Waals surface area contributed by atoms with Crippen molar-refractivity contribution in [2.75, 3.05) is 31.7 Å². The summed E-state index contributed by atoms with van der Waals surface area (Å²) in [5.74, 6) is 1.80. The van der Waals surface area contributed by atoms with Crippen molar-refractivity contribution in [2.45, 2.75) is 18.7 Å². The van der Waals surface area contributed by atoms with Gasteiger partial charge in [0.05, 0.1) is 5.88 Å². The normalized spacial score (nSPS) is 16.8. The lowest BCUT2D eigenvalue weighted by Gasteiger charge is -2.28. The molecule has 1 aliphatic rings. The van der Waals surface area contributed by atoms with Crippen molar-refractivity contribution in [3.63, 3.8) is 0 Å². The minimum atomic E-state index is 0.327. The zero-order valence-electron chi connectivity index (χ0n) is 10.4. The molecule has 6 heteroatoms. The Morgan fingerprint density at radius 1 is 1.39 bits per heavy atom. The van der Waals surface area contributed by atoms with Gasteiger partial charge >= 0.3 is 0 Å². The van der Waals surface area contributed by atoms with Gasteiger partial charge in [0.1, 0.15) is 17.3 Å². The number of halogens is 2. The number of ether oxygens (including phenoxy) is 1. The number of hydrogen-bond acceptors (Lipinski definition) is 4. The van der Waals surface area contributed by atoms with E-state index in [1.807, 2.05) is 7.05 Å². The smallest absolute Gasteiger partial charge is 0.138 e. The fraction of sp³-hybridized carbons (Fsp3) is 0.667. The fourth-order valence-electron chi connectivity index (χ4n) is 2.23. The SMILES string of the molecule is CN(CC1CCOCC1)c1ncnc(Cl)c1CCl. The van der Waals surface area contributed by atoms with Gasteiger partial charge in [-0.05, 0) is 18.8 Å². The van der Waals surface area contributed by atoms with E-state index in [1.54, 1.807) is 0 Å². The van der Waals surface area contributed by atoms with Gasteiger partial charge in [0.15, 0.2) is 0 Å². The summed E-state index contributed by atoms with van der Waals surface area (Å²) in [6, 6.07) is 0. The first-order chi connectivity index (χ1) is 8.72. The van der Waals surface area contributed by atoms with Crippen molar-refractivity contribution < 1.29 is 4.74 Å². The van der Waals surface area contributed by atoms with Crippen LogP contribution in [0.4, 0.5) is 5.82 Å². The molecule has 0 spiro atoms. The van der Waals surface area contributed by atoms with Crippen LogP contribution in [0.25, 0.3) is 0 Å². The van der Waals surface area contributed by atoms with Crippen molar-refractivity contribution >= 4 is 29.0 Å². The van der Waals surface area contributed by atoms with Gasteiger partial charge in [0.2, 0.25) is 0 Å². The lowest BCUT2D eigenvalue weighted by molar-refractivity contribution is 0.0685. The summed E-state index contributed by atoms with van der Waals surface area (Å²) in [5.41, 5.74) is 0.801. The lowest BCUT2D eigenvalue weighted by atomic mass is 10.00. The van der Waals surface area contributed by atoms with Crippen LogP contribution in [0.15, 0.2) is 6.33 Å². The maximum Gasteiger partial charge on any atom is 0.138 e. The highest BCUT2D eigenvalue weighted by molar-refractivity contribution is 6.31. The predicted octanol–water partition coefficient (Wildman–Crippen LogP) is 2.73. The van der Waals surface area contributed by atoms with Crippen LogP contribution in [0, 0.1) is 5.92 Å². The van der Waals surface area contributed by atoms with Gasteiger partial charge < -0.3 is 9.64 Å². The minimum absolute atomic E-state index is 0.327. The first-order valence-corrected chi connectivity index (χ1v) is 6.98. The third-order valence-corrected chi connectivity index (χ3v) is 3.83. The van der Waals surface area contributed by atoms with Crippen LogP contribution >= 0.6 is 23.2 Å². The van der Waals surface area contributed by atoms with E-state index < -0.39 is 0 Å². The van der Waals surface area contributed by atoms with Gasteiger partial charge in [-0.25, -0.2) is 9.97 Å². The maximum atomic E-state index is 6.03. The van der Waals surface area contributed by atoms with E-state index in [2.05, 4.69) is 14.9 Å². The van der Waals surface area contributed by atoms with E-state index in [0.29, 0.717) is 17.0 Å². The average molecular weight is 290 g/mol. The molecular weight excluding hydrogens is 273 g/mol. The van der Waals surface area contributed by atoms with Crippen LogP contribution in [0.3, 0.4) is 0 Å². The third kappa shape index (κ3) is 3.25. The second-order valence-electron chi connectivity index (χ2n) is 4.54. The van der Waals surface area contributed by atoms with Crippen molar-refractivity contribution in [2.24, 2.45) is 5.92 Å². The second kappa shape index (κ2) is 6.55. The number of rotatable bonds is 4. The Kier molecular flexibility index (Phi) is 5.03. The summed E-state index contributed by atoms with van der Waals surface area (Å²) in [6.45, 7) is 2.65. The molecule has 1 aliphatic heterocycles. The zero-order chi connectivity index (χ0) is 13.0. The number of hydrogen-bond donors (Lipinski definition) is 0. The predicted molar refractivity (Wildman–Crippen MR) is 73.4 cm³/mol. The molecule has 1 saturated heterocycles. The quantitative estimate of drug-likeness (QED) is 0.631. The number of alkyl halides is 1. The van der Waals surface area contributed by atoms with E-state index >= 15 is 0 Å². The molecule has 4 nitrogen and oxygen atoms in total. The van der Waals surface area contributed by atoms with Crippen LogP contribution in [0.2, 0.25) is 5.15 Å². The average Bonchev–Trinajstić information content (AvgIpc) is 2.39. The highest BCUT2D eigenvalue weighted by atomic mass is 35.5. The summed E-state index contributed by atoms with van der Waals surface area (Å²) in [7, 11) is 2.02. The number of aromatic nitrogens is 2. The summed E-state index contributed by atoms with van der Waals surface area (Å²) in [6.07, 6.45) is 3.67.